The quantitative estimate of drug-likeness (QED) is 0.851. The lowest BCUT2D eigenvalue weighted by Crippen LogP contribution is -2.25. The molecule has 0 bridgehead atoms. The zero-order valence-electron chi connectivity index (χ0n) is 11.8. The Morgan fingerprint density at radius 2 is 1.90 bits per heavy atom. The summed E-state index contributed by atoms with van der Waals surface area (Å²) in [6.45, 7) is 0.595. The predicted octanol–water partition coefficient (Wildman–Crippen LogP) is 3.59. The number of pyridine rings is 1. The van der Waals surface area contributed by atoms with Crippen LogP contribution in [0.4, 0.5) is 0 Å². The molecule has 0 aliphatic heterocycles. The van der Waals surface area contributed by atoms with Gasteiger partial charge in [-0.3, -0.25) is 4.79 Å². The molecule has 108 valence electrons. The average molecular weight is 346 g/mol. The number of rotatable bonds is 3. The first-order valence-electron chi connectivity index (χ1n) is 6.89. The average Bonchev–Trinajstić information content (AvgIpc) is 2.51. The molecule has 0 radical (unpaired) electrons. The fraction of sp³-hybridized carbons (Fsp3) is 0.235. The van der Waals surface area contributed by atoms with Crippen LogP contribution >= 0.6 is 15.9 Å². The van der Waals surface area contributed by atoms with E-state index in [-0.39, 0.29) is 5.56 Å². The van der Waals surface area contributed by atoms with Crippen molar-refractivity contribution in [3.63, 3.8) is 0 Å². The van der Waals surface area contributed by atoms with Gasteiger partial charge in [0.05, 0.1) is 13.7 Å². The summed E-state index contributed by atoms with van der Waals surface area (Å²) in [4.78, 5) is 12.2. The minimum Gasteiger partial charge on any atom is -0.497 e. The molecule has 1 aliphatic carbocycles. The number of nitrogens with zero attached hydrogens (tertiary/aromatic N) is 1. The number of halogens is 1. The third-order valence-corrected chi connectivity index (χ3v) is 4.37. The number of ether oxygens (including phenoxy) is 1. The maximum absolute atomic E-state index is 12.2. The number of benzene rings is 1. The zero-order valence-corrected chi connectivity index (χ0v) is 13.4. The maximum Gasteiger partial charge on any atom is 0.251 e. The number of hydrogen-bond donors (Lipinski definition) is 0. The molecule has 0 fully saturated rings. The normalized spacial score (nSPS) is 13.5. The smallest absolute Gasteiger partial charge is 0.251 e. The van der Waals surface area contributed by atoms with Crippen molar-refractivity contribution in [3.8, 4) is 5.75 Å². The summed E-state index contributed by atoms with van der Waals surface area (Å²) >= 11 is 3.54. The number of methoxy groups -OCH3 is 1. The van der Waals surface area contributed by atoms with E-state index >= 15 is 0 Å². The summed E-state index contributed by atoms with van der Waals surface area (Å²) in [5, 5.41) is 0. The molecule has 0 saturated carbocycles. The van der Waals surface area contributed by atoms with Crippen LogP contribution in [0.15, 0.2) is 45.7 Å². The second-order valence-corrected chi connectivity index (χ2v) is 6.12. The fourth-order valence-corrected chi connectivity index (χ4v) is 3.06. The Morgan fingerprint density at radius 1 is 1.14 bits per heavy atom. The number of fused-ring (bicyclic) bond motifs is 1. The van der Waals surface area contributed by atoms with Crippen molar-refractivity contribution in [2.24, 2.45) is 0 Å². The standard InChI is InChI=1S/C17H16BrNO2/c1-21-15-6-2-12(3-7-15)11-19-16-8-5-14(18)10-13(16)4-9-17(19)20/h2-4,6-7,9-10H,5,8,11H2,1H3. The van der Waals surface area contributed by atoms with Gasteiger partial charge in [-0.05, 0) is 52.7 Å². The van der Waals surface area contributed by atoms with Crippen LogP contribution in [0.3, 0.4) is 0 Å². The van der Waals surface area contributed by atoms with E-state index in [4.69, 9.17) is 4.74 Å². The van der Waals surface area contributed by atoms with Crippen LogP contribution in [0.2, 0.25) is 0 Å². The SMILES string of the molecule is COc1ccc(Cn2c3c(ccc2=O)C=C(Br)CC3)cc1. The summed E-state index contributed by atoms with van der Waals surface area (Å²) in [5.41, 5.74) is 3.39. The molecule has 1 aliphatic rings. The first-order chi connectivity index (χ1) is 10.2. The second kappa shape index (κ2) is 5.90. The minimum atomic E-state index is 0.0518. The topological polar surface area (TPSA) is 31.2 Å². The van der Waals surface area contributed by atoms with E-state index in [0.29, 0.717) is 6.54 Å². The summed E-state index contributed by atoms with van der Waals surface area (Å²) in [6, 6.07) is 11.4. The number of hydrogen-bond acceptors (Lipinski definition) is 2. The Balaban J connectivity index is 1.98. The Kier molecular flexibility index (Phi) is 3.97. The van der Waals surface area contributed by atoms with E-state index in [1.807, 2.05) is 34.9 Å². The molecule has 4 heteroatoms. The van der Waals surface area contributed by atoms with Gasteiger partial charge in [-0.1, -0.05) is 28.1 Å². The van der Waals surface area contributed by atoms with Gasteiger partial charge in [-0.2, -0.15) is 0 Å². The third kappa shape index (κ3) is 2.95. The Bertz CT molecular complexity index is 744. The first kappa shape index (κ1) is 14.1. The first-order valence-corrected chi connectivity index (χ1v) is 7.68. The molecule has 0 amide bonds. The maximum atomic E-state index is 12.2. The van der Waals surface area contributed by atoms with Crippen LogP contribution in [-0.4, -0.2) is 11.7 Å². The molecule has 3 nitrogen and oxygen atoms in total. The largest absolute Gasteiger partial charge is 0.497 e. The number of allylic oxidation sites excluding steroid dienone is 1. The monoisotopic (exact) mass is 345 g/mol. The van der Waals surface area contributed by atoms with Crippen molar-refractivity contribution in [1.82, 2.24) is 4.57 Å². The highest BCUT2D eigenvalue weighted by atomic mass is 79.9. The van der Waals surface area contributed by atoms with Crippen LogP contribution in [0, 0.1) is 0 Å². The van der Waals surface area contributed by atoms with Gasteiger partial charge < -0.3 is 9.30 Å². The van der Waals surface area contributed by atoms with Gasteiger partial charge in [0.25, 0.3) is 5.56 Å². The third-order valence-electron chi connectivity index (χ3n) is 3.74. The molecule has 0 N–H and O–H groups in total. The molecular formula is C17H16BrNO2. The summed E-state index contributed by atoms with van der Waals surface area (Å²) in [5.74, 6) is 0.827. The molecule has 3 rings (SSSR count). The Labute approximate surface area is 132 Å². The predicted molar refractivity (Wildman–Crippen MR) is 88.0 cm³/mol. The molecule has 1 aromatic heterocycles. The molecule has 0 spiro atoms. The van der Waals surface area contributed by atoms with Gasteiger partial charge in [-0.15, -0.1) is 0 Å². The van der Waals surface area contributed by atoms with Crippen LogP contribution in [0.1, 0.15) is 23.2 Å². The van der Waals surface area contributed by atoms with Gasteiger partial charge >= 0.3 is 0 Å². The second-order valence-electron chi connectivity index (χ2n) is 5.10. The summed E-state index contributed by atoms with van der Waals surface area (Å²) in [7, 11) is 1.65. The van der Waals surface area contributed by atoms with Gasteiger partial charge in [-0.25, -0.2) is 0 Å². The van der Waals surface area contributed by atoms with Gasteiger partial charge in [0, 0.05) is 11.8 Å². The lowest BCUT2D eigenvalue weighted by molar-refractivity contribution is 0.414. The van der Waals surface area contributed by atoms with Crippen molar-refractivity contribution in [1.29, 1.82) is 0 Å². The fourth-order valence-electron chi connectivity index (χ4n) is 2.61. The molecule has 21 heavy (non-hydrogen) atoms. The van der Waals surface area contributed by atoms with E-state index < -0.39 is 0 Å². The van der Waals surface area contributed by atoms with Crippen molar-refractivity contribution in [2.75, 3.05) is 7.11 Å². The molecule has 0 saturated heterocycles. The Morgan fingerprint density at radius 3 is 2.62 bits per heavy atom. The van der Waals surface area contributed by atoms with E-state index in [2.05, 4.69) is 22.0 Å². The van der Waals surface area contributed by atoms with Crippen molar-refractivity contribution >= 4 is 22.0 Å². The number of aromatic nitrogens is 1. The van der Waals surface area contributed by atoms with Crippen LogP contribution < -0.4 is 10.3 Å². The zero-order chi connectivity index (χ0) is 14.8. The molecule has 0 atom stereocenters. The minimum absolute atomic E-state index is 0.0518. The van der Waals surface area contributed by atoms with Crippen LogP contribution in [0.5, 0.6) is 5.75 Å². The Hall–Kier alpha value is -1.81. The molecule has 2 aromatic rings. The van der Waals surface area contributed by atoms with Gasteiger partial charge in [0.2, 0.25) is 0 Å². The molecule has 1 heterocycles. The molecule has 0 unspecified atom stereocenters. The lowest BCUT2D eigenvalue weighted by atomic mass is 10.0. The molecular weight excluding hydrogens is 330 g/mol. The molecule has 1 aromatic carbocycles. The van der Waals surface area contributed by atoms with Gasteiger partial charge in [0.1, 0.15) is 5.75 Å². The summed E-state index contributed by atoms with van der Waals surface area (Å²) in [6.07, 6.45) is 3.93. The van der Waals surface area contributed by atoms with Crippen molar-refractivity contribution in [3.05, 3.63) is 68.1 Å². The van der Waals surface area contributed by atoms with E-state index in [0.717, 1.165) is 35.4 Å². The highest BCUT2D eigenvalue weighted by molar-refractivity contribution is 9.11. The lowest BCUT2D eigenvalue weighted by Gasteiger charge is -2.19. The van der Waals surface area contributed by atoms with E-state index in [1.165, 1.54) is 4.48 Å². The van der Waals surface area contributed by atoms with Crippen LogP contribution in [-0.2, 0) is 13.0 Å². The van der Waals surface area contributed by atoms with E-state index in [1.54, 1.807) is 13.2 Å². The highest BCUT2D eigenvalue weighted by Gasteiger charge is 2.14. The highest BCUT2D eigenvalue weighted by Crippen LogP contribution is 2.26. The summed E-state index contributed by atoms with van der Waals surface area (Å²) < 4.78 is 8.22. The van der Waals surface area contributed by atoms with Crippen LogP contribution in [0.25, 0.3) is 6.08 Å². The van der Waals surface area contributed by atoms with Gasteiger partial charge in [0.15, 0.2) is 0 Å². The van der Waals surface area contributed by atoms with E-state index in [9.17, 15) is 4.79 Å². The van der Waals surface area contributed by atoms with Crippen molar-refractivity contribution in [2.45, 2.75) is 19.4 Å². The van der Waals surface area contributed by atoms with Crippen molar-refractivity contribution < 1.29 is 4.74 Å².